The fourth-order valence-corrected chi connectivity index (χ4v) is 4.84. The van der Waals surface area contributed by atoms with Crippen LogP contribution in [0, 0.1) is 5.92 Å². The number of nitrogens with one attached hydrogen (secondary N) is 1. The normalized spacial score (nSPS) is 22.4. The van der Waals surface area contributed by atoms with Crippen molar-refractivity contribution in [3.63, 3.8) is 0 Å². The van der Waals surface area contributed by atoms with E-state index in [0.29, 0.717) is 12.5 Å². The first-order valence-corrected chi connectivity index (χ1v) is 11.6. The van der Waals surface area contributed by atoms with Crippen molar-refractivity contribution in [2.45, 2.75) is 56.2 Å². The lowest BCUT2D eigenvalue weighted by Gasteiger charge is -2.22. The van der Waals surface area contributed by atoms with E-state index in [1.54, 1.807) is 0 Å². The van der Waals surface area contributed by atoms with Crippen molar-refractivity contribution in [2.24, 2.45) is 5.92 Å². The number of hydrogen-bond acceptors (Lipinski definition) is 6. The van der Waals surface area contributed by atoms with Crippen molar-refractivity contribution < 1.29 is 41.0 Å². The molecule has 9 nitrogen and oxygen atoms in total. The molecule has 0 spiro atoms. The van der Waals surface area contributed by atoms with Crippen LogP contribution in [0.2, 0.25) is 0 Å². The minimum absolute atomic E-state index is 0.202. The Morgan fingerprint density at radius 2 is 1.87 bits per heavy atom. The molecule has 3 aliphatic rings. The number of aromatic nitrogens is 2. The molecular formula is C18H26F3N3O6S. The molecule has 2 aliphatic heterocycles. The van der Waals surface area contributed by atoms with Crippen LogP contribution in [-0.4, -0.2) is 67.1 Å². The van der Waals surface area contributed by atoms with E-state index in [9.17, 15) is 21.6 Å². The van der Waals surface area contributed by atoms with Crippen LogP contribution in [0.1, 0.15) is 43.0 Å². The van der Waals surface area contributed by atoms with Crippen LogP contribution >= 0.6 is 0 Å². The Morgan fingerprint density at radius 3 is 2.45 bits per heavy atom. The van der Waals surface area contributed by atoms with Gasteiger partial charge in [0.25, 0.3) is 0 Å². The highest BCUT2D eigenvalue weighted by atomic mass is 32.2. The van der Waals surface area contributed by atoms with E-state index < -0.39 is 22.2 Å². The maximum Gasteiger partial charge on any atom is 0.490 e. The van der Waals surface area contributed by atoms with Crippen molar-refractivity contribution in [3.05, 3.63) is 17.5 Å². The van der Waals surface area contributed by atoms with Gasteiger partial charge in [-0.05, 0) is 43.6 Å². The van der Waals surface area contributed by atoms with Gasteiger partial charge in [0.1, 0.15) is 6.10 Å². The molecule has 0 aromatic carbocycles. The van der Waals surface area contributed by atoms with Crippen molar-refractivity contribution in [2.75, 3.05) is 26.4 Å². The Labute approximate surface area is 177 Å². The minimum atomic E-state index is -5.08. The first-order chi connectivity index (χ1) is 14.6. The average Bonchev–Trinajstić information content (AvgIpc) is 3.48. The van der Waals surface area contributed by atoms with E-state index in [-0.39, 0.29) is 17.9 Å². The SMILES string of the molecule is O=C(O)C(F)(F)F.O=S(=O)(NCC1OCCc2cn(CC3CCOCC3)nc21)C1CC1. The zero-order valence-corrected chi connectivity index (χ0v) is 17.6. The number of sulfonamides is 1. The Hall–Kier alpha value is -1.70. The van der Waals surface area contributed by atoms with Crippen LogP contribution in [0.4, 0.5) is 13.2 Å². The first-order valence-electron chi connectivity index (χ1n) is 10.1. The van der Waals surface area contributed by atoms with E-state index in [2.05, 4.69) is 10.9 Å². The molecule has 1 saturated carbocycles. The third-order valence-electron chi connectivity index (χ3n) is 5.33. The van der Waals surface area contributed by atoms with Gasteiger partial charge in [0, 0.05) is 32.5 Å². The number of nitrogens with zero attached hydrogens (tertiary/aromatic N) is 2. The topological polar surface area (TPSA) is 120 Å². The lowest BCUT2D eigenvalue weighted by Crippen LogP contribution is -2.34. The van der Waals surface area contributed by atoms with Crippen LogP contribution < -0.4 is 4.72 Å². The van der Waals surface area contributed by atoms with Gasteiger partial charge in [-0.25, -0.2) is 17.9 Å². The van der Waals surface area contributed by atoms with Crippen LogP contribution in [0.25, 0.3) is 0 Å². The van der Waals surface area contributed by atoms with Gasteiger partial charge in [-0.2, -0.15) is 18.3 Å². The van der Waals surface area contributed by atoms with E-state index >= 15 is 0 Å². The van der Waals surface area contributed by atoms with E-state index in [1.165, 1.54) is 5.56 Å². The molecule has 1 saturated heterocycles. The summed E-state index contributed by atoms with van der Waals surface area (Å²) in [6, 6.07) is 0. The molecule has 31 heavy (non-hydrogen) atoms. The monoisotopic (exact) mass is 469 g/mol. The first kappa shape index (κ1) is 24.0. The molecule has 1 aromatic heterocycles. The van der Waals surface area contributed by atoms with Crippen LogP contribution in [0.3, 0.4) is 0 Å². The van der Waals surface area contributed by atoms with Gasteiger partial charge >= 0.3 is 12.1 Å². The van der Waals surface area contributed by atoms with Gasteiger partial charge in [-0.1, -0.05) is 0 Å². The molecule has 3 heterocycles. The zero-order valence-electron chi connectivity index (χ0n) is 16.8. The predicted octanol–water partition coefficient (Wildman–Crippen LogP) is 1.64. The largest absolute Gasteiger partial charge is 0.490 e. The number of ether oxygens (including phenoxy) is 2. The highest BCUT2D eigenvalue weighted by molar-refractivity contribution is 7.90. The van der Waals surface area contributed by atoms with Gasteiger partial charge in [0.05, 0.1) is 17.6 Å². The summed E-state index contributed by atoms with van der Waals surface area (Å²) >= 11 is 0. The third kappa shape index (κ3) is 6.89. The second-order valence-corrected chi connectivity index (χ2v) is 9.87. The molecule has 176 valence electrons. The number of carboxylic acid groups (broad SMARTS) is 1. The molecule has 4 rings (SSSR count). The van der Waals surface area contributed by atoms with E-state index in [1.807, 2.05) is 4.68 Å². The standard InChI is InChI=1S/C16H25N3O4S.C2HF3O2/c20-24(21,14-1-2-14)17-9-15-16-13(5-8-23-15)11-19(18-16)10-12-3-6-22-7-4-12;3-2(4,5)1(6)7/h11-12,14-15,17H,1-10H2;(H,6,7). The molecule has 1 atom stereocenters. The predicted molar refractivity (Wildman–Crippen MR) is 102 cm³/mol. The van der Waals surface area contributed by atoms with Gasteiger partial charge in [0.15, 0.2) is 0 Å². The highest BCUT2D eigenvalue weighted by Crippen LogP contribution is 2.30. The second kappa shape index (κ2) is 9.84. The highest BCUT2D eigenvalue weighted by Gasteiger charge is 2.38. The van der Waals surface area contributed by atoms with Gasteiger partial charge in [-0.15, -0.1) is 0 Å². The summed E-state index contributed by atoms with van der Waals surface area (Å²) in [5.74, 6) is -2.15. The van der Waals surface area contributed by atoms with Crippen molar-refractivity contribution in [3.8, 4) is 0 Å². The Bertz CT molecular complexity index is 863. The number of rotatable bonds is 6. The Kier molecular flexibility index (Phi) is 7.60. The molecule has 0 radical (unpaired) electrons. The maximum atomic E-state index is 12.0. The van der Waals surface area contributed by atoms with Gasteiger partial charge < -0.3 is 14.6 Å². The number of halogens is 3. The fraction of sp³-hybridized carbons (Fsp3) is 0.778. The molecule has 1 aliphatic carbocycles. The molecule has 1 unspecified atom stereocenters. The molecule has 0 amide bonds. The Balaban J connectivity index is 0.000000339. The number of alkyl halides is 3. The molecule has 2 N–H and O–H groups in total. The molecule has 13 heteroatoms. The summed E-state index contributed by atoms with van der Waals surface area (Å²) in [4.78, 5) is 8.90. The smallest absolute Gasteiger partial charge is 0.475 e. The maximum absolute atomic E-state index is 12.0. The third-order valence-corrected chi connectivity index (χ3v) is 7.25. The number of carboxylic acids is 1. The fourth-order valence-electron chi connectivity index (χ4n) is 3.46. The molecular weight excluding hydrogens is 443 g/mol. The lowest BCUT2D eigenvalue weighted by molar-refractivity contribution is -0.192. The summed E-state index contributed by atoms with van der Waals surface area (Å²) in [6.45, 7) is 3.46. The number of fused-ring (bicyclic) bond motifs is 1. The van der Waals surface area contributed by atoms with E-state index in [4.69, 9.17) is 24.5 Å². The van der Waals surface area contributed by atoms with Crippen LogP contribution in [0.15, 0.2) is 6.20 Å². The average molecular weight is 469 g/mol. The number of hydrogen-bond donors (Lipinski definition) is 2. The second-order valence-electron chi connectivity index (χ2n) is 7.82. The van der Waals surface area contributed by atoms with Crippen molar-refractivity contribution in [1.29, 1.82) is 0 Å². The van der Waals surface area contributed by atoms with Crippen LogP contribution in [-0.2, 0) is 37.3 Å². The Morgan fingerprint density at radius 1 is 1.23 bits per heavy atom. The molecule has 2 fully saturated rings. The van der Waals surface area contributed by atoms with Gasteiger partial charge in [0.2, 0.25) is 10.0 Å². The zero-order chi connectivity index (χ0) is 22.6. The molecule has 0 bridgehead atoms. The number of carbonyl (C=O) groups is 1. The van der Waals surface area contributed by atoms with Gasteiger partial charge in [-0.3, -0.25) is 4.68 Å². The minimum Gasteiger partial charge on any atom is -0.475 e. The van der Waals surface area contributed by atoms with Crippen LogP contribution in [0.5, 0.6) is 0 Å². The summed E-state index contributed by atoms with van der Waals surface area (Å²) in [6.07, 6.45) is 1.28. The number of aliphatic carboxylic acids is 1. The summed E-state index contributed by atoms with van der Waals surface area (Å²) < 4.78 is 71.7. The quantitative estimate of drug-likeness (QED) is 0.650. The van der Waals surface area contributed by atoms with E-state index in [0.717, 1.165) is 57.6 Å². The summed E-state index contributed by atoms with van der Waals surface area (Å²) in [5.41, 5.74) is 2.08. The van der Waals surface area contributed by atoms with Crippen molar-refractivity contribution >= 4 is 16.0 Å². The molecule has 1 aromatic rings. The van der Waals surface area contributed by atoms with Crippen molar-refractivity contribution in [1.82, 2.24) is 14.5 Å². The summed E-state index contributed by atoms with van der Waals surface area (Å²) in [7, 11) is -3.18. The summed E-state index contributed by atoms with van der Waals surface area (Å²) in [5, 5.41) is 11.6. The lowest BCUT2D eigenvalue weighted by atomic mass is 10.0.